The zero-order chi connectivity index (χ0) is 15.5. The van der Waals surface area contributed by atoms with Crippen LogP contribution < -0.4 is 10.0 Å². The lowest BCUT2D eigenvalue weighted by Gasteiger charge is -2.15. The first-order chi connectivity index (χ1) is 9.94. The van der Waals surface area contributed by atoms with Crippen LogP contribution in [0.1, 0.15) is 30.6 Å². The SMILES string of the molecule is CCNc1ccccc1S(=O)(=O)NC(C)c1nc(C)cs1. The van der Waals surface area contributed by atoms with Crippen LogP contribution in [0.2, 0.25) is 0 Å². The quantitative estimate of drug-likeness (QED) is 0.856. The molecular weight excluding hydrogens is 306 g/mol. The average molecular weight is 325 g/mol. The van der Waals surface area contributed by atoms with E-state index >= 15 is 0 Å². The normalized spacial score (nSPS) is 13.1. The molecule has 7 heteroatoms. The second-order valence-corrected chi connectivity index (χ2v) is 7.27. The number of aromatic nitrogens is 1. The Bertz CT molecular complexity index is 711. The van der Waals surface area contributed by atoms with Gasteiger partial charge in [0.2, 0.25) is 10.0 Å². The third-order valence-electron chi connectivity index (χ3n) is 2.88. The Morgan fingerprint density at radius 3 is 2.67 bits per heavy atom. The van der Waals surface area contributed by atoms with Crippen LogP contribution >= 0.6 is 11.3 Å². The average Bonchev–Trinajstić information content (AvgIpc) is 2.86. The fraction of sp³-hybridized carbons (Fsp3) is 0.357. The number of aryl methyl sites for hydroxylation is 1. The second-order valence-electron chi connectivity index (χ2n) is 4.70. The molecule has 0 spiro atoms. The summed E-state index contributed by atoms with van der Waals surface area (Å²) in [5.74, 6) is 0. The molecule has 0 amide bonds. The maximum atomic E-state index is 12.5. The molecule has 0 radical (unpaired) electrons. The molecule has 0 aliphatic heterocycles. The number of benzene rings is 1. The van der Waals surface area contributed by atoms with Crippen molar-refractivity contribution in [3.63, 3.8) is 0 Å². The molecule has 0 aliphatic rings. The zero-order valence-electron chi connectivity index (χ0n) is 12.3. The minimum Gasteiger partial charge on any atom is -0.384 e. The van der Waals surface area contributed by atoms with Crippen LogP contribution in [0.25, 0.3) is 0 Å². The Kier molecular flexibility index (Phi) is 4.97. The van der Waals surface area contributed by atoms with E-state index in [0.717, 1.165) is 10.7 Å². The van der Waals surface area contributed by atoms with Crippen LogP contribution in [0.5, 0.6) is 0 Å². The molecule has 5 nitrogen and oxygen atoms in total. The van der Waals surface area contributed by atoms with Gasteiger partial charge in [-0.3, -0.25) is 0 Å². The van der Waals surface area contributed by atoms with Crippen molar-refractivity contribution in [2.24, 2.45) is 0 Å². The topological polar surface area (TPSA) is 71.1 Å². The van der Waals surface area contributed by atoms with E-state index in [-0.39, 0.29) is 10.9 Å². The van der Waals surface area contributed by atoms with Crippen molar-refractivity contribution in [1.82, 2.24) is 9.71 Å². The molecular formula is C14H19N3O2S2. The molecule has 2 N–H and O–H groups in total. The summed E-state index contributed by atoms with van der Waals surface area (Å²) >= 11 is 1.45. The molecule has 2 rings (SSSR count). The molecule has 114 valence electrons. The number of thiazole rings is 1. The van der Waals surface area contributed by atoms with Gasteiger partial charge >= 0.3 is 0 Å². The summed E-state index contributed by atoms with van der Waals surface area (Å²) in [5, 5.41) is 5.74. The summed E-state index contributed by atoms with van der Waals surface area (Å²) in [6.07, 6.45) is 0. The lowest BCUT2D eigenvalue weighted by molar-refractivity contribution is 0.566. The third-order valence-corrected chi connectivity index (χ3v) is 5.63. The first-order valence-corrected chi connectivity index (χ1v) is 9.07. The predicted octanol–water partition coefficient (Wildman–Crippen LogP) is 2.92. The molecule has 1 aromatic heterocycles. The van der Waals surface area contributed by atoms with Gasteiger partial charge in [-0.1, -0.05) is 12.1 Å². The summed E-state index contributed by atoms with van der Waals surface area (Å²) in [7, 11) is -3.60. The molecule has 2 aromatic rings. The number of sulfonamides is 1. The van der Waals surface area contributed by atoms with Gasteiger partial charge in [-0.25, -0.2) is 18.1 Å². The molecule has 1 atom stereocenters. The summed E-state index contributed by atoms with van der Waals surface area (Å²) in [4.78, 5) is 4.58. The molecule has 0 fully saturated rings. The van der Waals surface area contributed by atoms with Gasteiger partial charge in [-0.05, 0) is 32.9 Å². The van der Waals surface area contributed by atoms with Crippen LogP contribution in [-0.4, -0.2) is 19.9 Å². The van der Waals surface area contributed by atoms with Gasteiger partial charge in [0.15, 0.2) is 0 Å². The van der Waals surface area contributed by atoms with E-state index in [9.17, 15) is 8.42 Å². The monoisotopic (exact) mass is 325 g/mol. The van der Waals surface area contributed by atoms with Gasteiger partial charge in [0.25, 0.3) is 0 Å². The van der Waals surface area contributed by atoms with Crippen molar-refractivity contribution in [2.45, 2.75) is 31.7 Å². The van der Waals surface area contributed by atoms with E-state index in [1.54, 1.807) is 25.1 Å². The highest BCUT2D eigenvalue weighted by Gasteiger charge is 2.22. The Morgan fingerprint density at radius 2 is 2.05 bits per heavy atom. The van der Waals surface area contributed by atoms with E-state index in [1.165, 1.54) is 11.3 Å². The molecule has 0 saturated carbocycles. The van der Waals surface area contributed by atoms with Gasteiger partial charge in [0.05, 0.1) is 11.7 Å². The van der Waals surface area contributed by atoms with Crippen LogP contribution in [0.4, 0.5) is 5.69 Å². The first kappa shape index (κ1) is 15.9. The number of para-hydroxylation sites is 1. The van der Waals surface area contributed by atoms with Crippen molar-refractivity contribution in [2.75, 3.05) is 11.9 Å². The van der Waals surface area contributed by atoms with Crippen molar-refractivity contribution < 1.29 is 8.42 Å². The van der Waals surface area contributed by atoms with E-state index in [1.807, 2.05) is 25.3 Å². The molecule has 0 saturated heterocycles. The van der Waals surface area contributed by atoms with Gasteiger partial charge in [0, 0.05) is 17.6 Å². The van der Waals surface area contributed by atoms with Crippen molar-refractivity contribution in [3.05, 3.63) is 40.3 Å². The fourth-order valence-corrected chi connectivity index (χ4v) is 4.22. The second kappa shape index (κ2) is 6.55. The fourth-order valence-electron chi connectivity index (χ4n) is 1.96. The number of anilines is 1. The number of nitrogens with one attached hydrogen (secondary N) is 2. The van der Waals surface area contributed by atoms with Crippen LogP contribution in [0.15, 0.2) is 34.5 Å². The highest BCUT2D eigenvalue weighted by atomic mass is 32.2. The minimum absolute atomic E-state index is 0.256. The van der Waals surface area contributed by atoms with Gasteiger partial charge in [-0.15, -0.1) is 11.3 Å². The Labute approximate surface area is 129 Å². The molecule has 1 heterocycles. The lowest BCUT2D eigenvalue weighted by Crippen LogP contribution is -2.27. The van der Waals surface area contributed by atoms with Crippen molar-refractivity contribution in [1.29, 1.82) is 0 Å². The Balaban J connectivity index is 2.26. The maximum Gasteiger partial charge on any atom is 0.243 e. The van der Waals surface area contributed by atoms with Crippen molar-refractivity contribution >= 4 is 27.0 Å². The number of hydrogen-bond acceptors (Lipinski definition) is 5. The molecule has 1 aromatic carbocycles. The van der Waals surface area contributed by atoms with E-state index in [0.29, 0.717) is 12.2 Å². The van der Waals surface area contributed by atoms with Crippen LogP contribution in [0.3, 0.4) is 0 Å². The van der Waals surface area contributed by atoms with Crippen molar-refractivity contribution in [3.8, 4) is 0 Å². The summed E-state index contributed by atoms with van der Waals surface area (Å²) in [6.45, 7) is 6.28. The Hall–Kier alpha value is -1.44. The van der Waals surface area contributed by atoms with E-state index in [2.05, 4.69) is 15.0 Å². The summed E-state index contributed by atoms with van der Waals surface area (Å²) in [6, 6.07) is 6.53. The summed E-state index contributed by atoms with van der Waals surface area (Å²) < 4.78 is 27.8. The standard InChI is InChI=1S/C14H19N3O2S2/c1-4-15-12-7-5-6-8-13(12)21(18,19)17-11(3)14-16-10(2)9-20-14/h5-9,11,15,17H,4H2,1-3H3. The molecule has 0 bridgehead atoms. The number of rotatable bonds is 6. The summed E-state index contributed by atoms with van der Waals surface area (Å²) in [5.41, 5.74) is 1.50. The Morgan fingerprint density at radius 1 is 1.33 bits per heavy atom. The smallest absolute Gasteiger partial charge is 0.243 e. The predicted molar refractivity (Wildman–Crippen MR) is 86.2 cm³/mol. The maximum absolute atomic E-state index is 12.5. The molecule has 0 aliphatic carbocycles. The molecule has 1 unspecified atom stereocenters. The first-order valence-electron chi connectivity index (χ1n) is 6.71. The van der Waals surface area contributed by atoms with Crippen LogP contribution in [-0.2, 0) is 10.0 Å². The largest absolute Gasteiger partial charge is 0.384 e. The minimum atomic E-state index is -3.60. The number of nitrogens with zero attached hydrogens (tertiary/aromatic N) is 1. The lowest BCUT2D eigenvalue weighted by atomic mass is 10.3. The molecule has 21 heavy (non-hydrogen) atoms. The number of hydrogen-bond donors (Lipinski definition) is 2. The van der Waals surface area contributed by atoms with Gasteiger partial charge in [-0.2, -0.15) is 0 Å². The van der Waals surface area contributed by atoms with E-state index in [4.69, 9.17) is 0 Å². The van der Waals surface area contributed by atoms with Gasteiger partial charge < -0.3 is 5.32 Å². The van der Waals surface area contributed by atoms with Crippen LogP contribution in [0, 0.1) is 6.92 Å². The highest BCUT2D eigenvalue weighted by molar-refractivity contribution is 7.89. The van der Waals surface area contributed by atoms with E-state index < -0.39 is 10.0 Å². The highest BCUT2D eigenvalue weighted by Crippen LogP contribution is 2.24. The van der Waals surface area contributed by atoms with Gasteiger partial charge in [0.1, 0.15) is 9.90 Å². The zero-order valence-corrected chi connectivity index (χ0v) is 13.9. The third kappa shape index (κ3) is 3.81.